The summed E-state index contributed by atoms with van der Waals surface area (Å²) in [7, 11) is 0. The lowest BCUT2D eigenvalue weighted by Crippen LogP contribution is -2.31. The third kappa shape index (κ3) is 4.27. The van der Waals surface area contributed by atoms with Gasteiger partial charge in [0.15, 0.2) is 0 Å². The number of carbonyl (C=O) groups is 4. The first-order valence-corrected chi connectivity index (χ1v) is 6.13. The van der Waals surface area contributed by atoms with Gasteiger partial charge in [-0.05, 0) is 12.8 Å². The number of imide groups is 1. The molecular weight excluding hydrogens is 238 g/mol. The molecule has 18 heavy (non-hydrogen) atoms. The molecule has 0 aromatic rings. The highest BCUT2D eigenvalue weighted by molar-refractivity contribution is 6.01. The zero-order valence-electron chi connectivity index (χ0n) is 10.4. The minimum Gasteiger partial charge on any atom is -0.330 e. The number of nitrogens with zero attached hydrogens (tertiary/aromatic N) is 1. The molecule has 1 rings (SSSR count). The summed E-state index contributed by atoms with van der Waals surface area (Å²) in [5.74, 6) is -1.40. The minimum absolute atomic E-state index is 0.0944. The van der Waals surface area contributed by atoms with Crippen molar-refractivity contribution in [1.82, 2.24) is 5.06 Å². The Labute approximate surface area is 105 Å². The molecule has 0 saturated carbocycles. The average molecular weight is 255 g/mol. The van der Waals surface area contributed by atoms with Crippen molar-refractivity contribution in [2.45, 2.75) is 51.9 Å². The average Bonchev–Trinajstić information content (AvgIpc) is 2.66. The molecule has 0 radical (unpaired) electrons. The van der Waals surface area contributed by atoms with Gasteiger partial charge in [0.25, 0.3) is 11.8 Å². The lowest BCUT2D eigenvalue weighted by molar-refractivity contribution is -0.197. The minimum atomic E-state index is -0.609. The molecule has 1 heterocycles. The summed E-state index contributed by atoms with van der Waals surface area (Å²) >= 11 is 0. The van der Waals surface area contributed by atoms with Gasteiger partial charge in [-0.25, -0.2) is 4.79 Å². The molecule has 0 aliphatic carbocycles. The van der Waals surface area contributed by atoms with Crippen molar-refractivity contribution in [2.75, 3.05) is 0 Å². The molecule has 100 valence electrons. The van der Waals surface area contributed by atoms with E-state index < -0.39 is 17.8 Å². The van der Waals surface area contributed by atoms with Gasteiger partial charge in [-0.1, -0.05) is 6.92 Å². The summed E-state index contributed by atoms with van der Waals surface area (Å²) in [5, 5.41) is 0.541. The zero-order valence-corrected chi connectivity index (χ0v) is 10.4. The third-order valence-corrected chi connectivity index (χ3v) is 2.68. The van der Waals surface area contributed by atoms with Crippen LogP contribution in [0.15, 0.2) is 0 Å². The molecule has 0 bridgehead atoms. The summed E-state index contributed by atoms with van der Waals surface area (Å²) in [6.07, 6.45) is 2.37. The molecule has 6 heteroatoms. The highest BCUT2D eigenvalue weighted by Gasteiger charge is 2.32. The number of hydroxylamine groups is 2. The van der Waals surface area contributed by atoms with Crippen molar-refractivity contribution in [1.29, 1.82) is 0 Å². The van der Waals surface area contributed by atoms with Gasteiger partial charge in [0.2, 0.25) is 0 Å². The predicted molar refractivity (Wildman–Crippen MR) is 60.9 cm³/mol. The second-order valence-electron chi connectivity index (χ2n) is 4.14. The molecule has 0 aromatic carbocycles. The van der Waals surface area contributed by atoms with Gasteiger partial charge in [-0.2, -0.15) is 0 Å². The Kier molecular flexibility index (Phi) is 5.48. The number of ketones is 1. The van der Waals surface area contributed by atoms with E-state index in [0.717, 1.165) is 0 Å². The summed E-state index contributed by atoms with van der Waals surface area (Å²) in [5.41, 5.74) is 0. The van der Waals surface area contributed by atoms with Crippen molar-refractivity contribution in [3.63, 3.8) is 0 Å². The van der Waals surface area contributed by atoms with Gasteiger partial charge in [-0.3, -0.25) is 14.4 Å². The van der Waals surface area contributed by atoms with E-state index in [-0.39, 0.29) is 25.0 Å². The van der Waals surface area contributed by atoms with Crippen LogP contribution in [0.25, 0.3) is 0 Å². The molecule has 0 aromatic heterocycles. The highest BCUT2D eigenvalue weighted by Crippen LogP contribution is 2.13. The van der Waals surface area contributed by atoms with Crippen LogP contribution in [0.3, 0.4) is 0 Å². The number of amides is 2. The van der Waals surface area contributed by atoms with E-state index in [1.54, 1.807) is 6.92 Å². The number of unbranched alkanes of at least 4 members (excludes halogenated alkanes) is 1. The number of Topliss-reactive ketones (excluding diaryl/α,β-unsaturated/α-hetero) is 1. The molecule has 1 aliphatic heterocycles. The van der Waals surface area contributed by atoms with E-state index in [9.17, 15) is 19.2 Å². The lowest BCUT2D eigenvalue weighted by Gasteiger charge is -2.12. The van der Waals surface area contributed by atoms with Crippen LogP contribution in [-0.4, -0.2) is 28.6 Å². The molecule has 2 amide bonds. The summed E-state index contributed by atoms with van der Waals surface area (Å²) in [6, 6.07) is 0. The van der Waals surface area contributed by atoms with Gasteiger partial charge < -0.3 is 4.84 Å². The molecule has 0 spiro atoms. The Hall–Kier alpha value is -1.72. The lowest BCUT2D eigenvalue weighted by atomic mass is 10.1. The Morgan fingerprint density at radius 2 is 1.67 bits per heavy atom. The molecule has 1 aliphatic rings. The van der Waals surface area contributed by atoms with Crippen LogP contribution in [0.1, 0.15) is 51.9 Å². The van der Waals surface area contributed by atoms with E-state index in [1.165, 1.54) is 0 Å². The number of rotatable bonds is 7. The first-order chi connectivity index (χ1) is 8.54. The van der Waals surface area contributed by atoms with Crippen molar-refractivity contribution < 1.29 is 24.0 Å². The van der Waals surface area contributed by atoms with Gasteiger partial charge in [0.05, 0.1) is 0 Å². The fourth-order valence-electron chi connectivity index (χ4n) is 1.57. The molecule has 6 nitrogen and oxygen atoms in total. The second kappa shape index (κ2) is 6.88. The topological polar surface area (TPSA) is 80.8 Å². The first-order valence-electron chi connectivity index (χ1n) is 6.13. The summed E-state index contributed by atoms with van der Waals surface area (Å²) in [6.45, 7) is 1.79. The van der Waals surface area contributed by atoms with Gasteiger partial charge in [-0.15, -0.1) is 5.06 Å². The van der Waals surface area contributed by atoms with Crippen LogP contribution in [0.2, 0.25) is 0 Å². The van der Waals surface area contributed by atoms with E-state index in [4.69, 9.17) is 0 Å². The van der Waals surface area contributed by atoms with Crippen LogP contribution < -0.4 is 0 Å². The zero-order chi connectivity index (χ0) is 13.5. The second-order valence-corrected chi connectivity index (χ2v) is 4.14. The maximum atomic E-state index is 11.4. The predicted octanol–water partition coefficient (Wildman–Crippen LogP) is 1.13. The quantitative estimate of drug-likeness (QED) is 0.503. The number of carbonyl (C=O) groups excluding carboxylic acids is 4. The van der Waals surface area contributed by atoms with E-state index >= 15 is 0 Å². The van der Waals surface area contributed by atoms with Crippen molar-refractivity contribution in [3.05, 3.63) is 0 Å². The van der Waals surface area contributed by atoms with Gasteiger partial charge in [0, 0.05) is 32.1 Å². The largest absolute Gasteiger partial charge is 0.333 e. The molecule has 0 atom stereocenters. The van der Waals surface area contributed by atoms with Crippen molar-refractivity contribution >= 4 is 23.6 Å². The Morgan fingerprint density at radius 3 is 2.22 bits per heavy atom. The van der Waals surface area contributed by atoms with E-state index in [1.807, 2.05) is 0 Å². The molecule has 0 unspecified atom stereocenters. The molecule has 1 fully saturated rings. The van der Waals surface area contributed by atoms with E-state index in [0.29, 0.717) is 30.7 Å². The maximum Gasteiger partial charge on any atom is 0.333 e. The van der Waals surface area contributed by atoms with Crippen LogP contribution in [0, 0.1) is 0 Å². The number of hydrogen-bond donors (Lipinski definition) is 0. The van der Waals surface area contributed by atoms with Crippen LogP contribution >= 0.6 is 0 Å². The Balaban J connectivity index is 2.20. The SMILES string of the molecule is CCC(=O)CCCCC(=O)ON1C(=O)CCC1=O. The van der Waals surface area contributed by atoms with Crippen molar-refractivity contribution in [3.8, 4) is 0 Å². The summed E-state index contributed by atoms with van der Waals surface area (Å²) < 4.78 is 0. The van der Waals surface area contributed by atoms with Crippen LogP contribution in [0.5, 0.6) is 0 Å². The van der Waals surface area contributed by atoms with Gasteiger partial charge in [0.1, 0.15) is 5.78 Å². The maximum absolute atomic E-state index is 11.4. The smallest absolute Gasteiger partial charge is 0.330 e. The van der Waals surface area contributed by atoms with E-state index in [2.05, 4.69) is 4.84 Å². The fourth-order valence-corrected chi connectivity index (χ4v) is 1.57. The third-order valence-electron chi connectivity index (χ3n) is 2.68. The Bertz CT molecular complexity index is 347. The fraction of sp³-hybridized carbons (Fsp3) is 0.667. The normalized spacial score (nSPS) is 15.1. The summed E-state index contributed by atoms with van der Waals surface area (Å²) in [4.78, 5) is 49.4. The first kappa shape index (κ1) is 14.3. The Morgan fingerprint density at radius 1 is 1.11 bits per heavy atom. The molecule has 0 N–H and O–H groups in total. The van der Waals surface area contributed by atoms with Crippen molar-refractivity contribution in [2.24, 2.45) is 0 Å². The molecule has 1 saturated heterocycles. The monoisotopic (exact) mass is 255 g/mol. The van der Waals surface area contributed by atoms with Crippen LogP contribution in [-0.2, 0) is 24.0 Å². The molecular formula is C12H17NO5. The standard InChI is InChI=1S/C12H17NO5/c1-2-9(14)5-3-4-6-12(17)18-13-10(15)7-8-11(13)16/h2-8H2,1H3. The highest BCUT2D eigenvalue weighted by atomic mass is 16.7. The number of hydrogen-bond acceptors (Lipinski definition) is 5. The van der Waals surface area contributed by atoms with Gasteiger partial charge >= 0.3 is 5.97 Å². The van der Waals surface area contributed by atoms with Crippen LogP contribution in [0.4, 0.5) is 0 Å².